The highest BCUT2D eigenvalue weighted by Gasteiger charge is 2.14. The average molecular weight is 347 g/mol. The van der Waals surface area contributed by atoms with Crippen molar-refractivity contribution in [3.8, 4) is 0 Å². The van der Waals surface area contributed by atoms with Crippen molar-refractivity contribution in [1.82, 2.24) is 5.32 Å². The van der Waals surface area contributed by atoms with Crippen LogP contribution in [0.1, 0.15) is 39.5 Å². The molecule has 0 bridgehead atoms. The van der Waals surface area contributed by atoms with Gasteiger partial charge in [0.2, 0.25) is 0 Å². The normalized spacial score (nSPS) is 12.5. The minimum Gasteiger partial charge on any atom is -0.379 e. The van der Waals surface area contributed by atoms with Crippen LogP contribution in [0.3, 0.4) is 0 Å². The summed E-state index contributed by atoms with van der Waals surface area (Å²) in [6.07, 6.45) is 3.48. The Morgan fingerprint density at radius 1 is 0.833 bits per heavy atom. The number of carbonyl (C=O) groups is 1. The van der Waals surface area contributed by atoms with Gasteiger partial charge >= 0.3 is 0 Å². The first-order valence-electron chi connectivity index (χ1n) is 9.24. The SMILES string of the molecule is CCCC(CC)C(=O)CCOCCOCCOCCOCCNC. The molecular formula is C18H37NO5. The maximum absolute atomic E-state index is 11.9. The van der Waals surface area contributed by atoms with Crippen molar-refractivity contribution in [1.29, 1.82) is 0 Å². The summed E-state index contributed by atoms with van der Waals surface area (Å²) in [5.74, 6) is 0.528. The molecule has 0 aromatic heterocycles. The zero-order valence-electron chi connectivity index (χ0n) is 15.8. The van der Waals surface area contributed by atoms with Crippen LogP contribution < -0.4 is 5.32 Å². The van der Waals surface area contributed by atoms with Crippen LogP contribution >= 0.6 is 0 Å². The van der Waals surface area contributed by atoms with Crippen molar-refractivity contribution in [3.05, 3.63) is 0 Å². The second-order valence-corrected chi connectivity index (χ2v) is 5.66. The molecule has 0 aromatic carbocycles. The lowest BCUT2D eigenvalue weighted by atomic mass is 9.94. The number of nitrogens with one attached hydrogen (secondary N) is 1. The topological polar surface area (TPSA) is 66.0 Å². The molecule has 0 saturated heterocycles. The van der Waals surface area contributed by atoms with Crippen LogP contribution in [0.4, 0.5) is 0 Å². The number of hydrogen-bond donors (Lipinski definition) is 1. The van der Waals surface area contributed by atoms with E-state index in [1.165, 1.54) is 0 Å². The Bertz CT molecular complexity index is 276. The molecule has 1 atom stereocenters. The van der Waals surface area contributed by atoms with Crippen molar-refractivity contribution in [3.63, 3.8) is 0 Å². The molecule has 0 aliphatic rings. The molecule has 0 spiro atoms. The van der Waals surface area contributed by atoms with Gasteiger partial charge in [-0.1, -0.05) is 20.3 Å². The van der Waals surface area contributed by atoms with Gasteiger partial charge in [-0.3, -0.25) is 4.79 Å². The first kappa shape index (κ1) is 23.5. The summed E-state index contributed by atoms with van der Waals surface area (Å²) in [5.41, 5.74) is 0. The third-order valence-corrected chi connectivity index (χ3v) is 3.69. The predicted octanol–water partition coefficient (Wildman–Crippen LogP) is 2.06. The van der Waals surface area contributed by atoms with E-state index in [9.17, 15) is 4.79 Å². The van der Waals surface area contributed by atoms with E-state index < -0.39 is 0 Å². The van der Waals surface area contributed by atoms with Gasteiger partial charge < -0.3 is 24.3 Å². The molecule has 0 amide bonds. The lowest BCUT2D eigenvalue weighted by Crippen LogP contribution is -2.17. The van der Waals surface area contributed by atoms with Crippen LogP contribution in [0, 0.1) is 5.92 Å². The van der Waals surface area contributed by atoms with Crippen molar-refractivity contribution in [2.45, 2.75) is 39.5 Å². The highest BCUT2D eigenvalue weighted by atomic mass is 16.6. The second-order valence-electron chi connectivity index (χ2n) is 5.66. The molecule has 0 radical (unpaired) electrons. The highest BCUT2D eigenvalue weighted by Crippen LogP contribution is 2.13. The zero-order chi connectivity index (χ0) is 17.9. The second kappa shape index (κ2) is 18.8. The Labute approximate surface area is 147 Å². The first-order chi connectivity index (χ1) is 11.8. The molecule has 24 heavy (non-hydrogen) atoms. The standard InChI is InChI=1S/C18H37NO5/c1-4-6-17(5-2)18(20)7-9-21-11-13-23-15-16-24-14-12-22-10-8-19-3/h17,19H,4-16H2,1-3H3. The van der Waals surface area contributed by atoms with Gasteiger partial charge in [0.25, 0.3) is 0 Å². The van der Waals surface area contributed by atoms with E-state index in [2.05, 4.69) is 19.2 Å². The highest BCUT2D eigenvalue weighted by molar-refractivity contribution is 5.80. The molecule has 6 heteroatoms. The minimum atomic E-state index is 0.203. The number of ether oxygens (including phenoxy) is 4. The summed E-state index contributed by atoms with van der Waals surface area (Å²) in [6, 6.07) is 0. The summed E-state index contributed by atoms with van der Waals surface area (Å²) in [7, 11) is 1.90. The molecule has 0 aliphatic heterocycles. The Morgan fingerprint density at radius 2 is 1.33 bits per heavy atom. The number of hydrogen-bond acceptors (Lipinski definition) is 6. The number of ketones is 1. The molecule has 0 aliphatic carbocycles. The number of carbonyl (C=O) groups excluding carboxylic acids is 1. The Kier molecular flexibility index (Phi) is 18.4. The lowest BCUT2D eigenvalue weighted by molar-refractivity contribution is -0.124. The van der Waals surface area contributed by atoms with Crippen LogP contribution in [0.2, 0.25) is 0 Å². The van der Waals surface area contributed by atoms with Crippen LogP contribution in [-0.4, -0.2) is 72.2 Å². The molecular weight excluding hydrogens is 310 g/mol. The molecule has 6 nitrogen and oxygen atoms in total. The Morgan fingerprint density at radius 3 is 1.79 bits per heavy atom. The third kappa shape index (κ3) is 15.0. The van der Waals surface area contributed by atoms with Crippen molar-refractivity contribution in [2.24, 2.45) is 5.92 Å². The van der Waals surface area contributed by atoms with E-state index in [1.807, 2.05) is 7.05 Å². The van der Waals surface area contributed by atoms with E-state index in [0.717, 1.165) is 25.8 Å². The van der Waals surface area contributed by atoms with Crippen LogP contribution in [0.25, 0.3) is 0 Å². The van der Waals surface area contributed by atoms with Crippen LogP contribution in [0.15, 0.2) is 0 Å². The number of likely N-dealkylation sites (N-methyl/N-ethyl adjacent to an activating group) is 1. The molecule has 0 aromatic rings. The quantitative estimate of drug-likeness (QED) is 0.361. The minimum absolute atomic E-state index is 0.203. The molecule has 0 rings (SSSR count). The van der Waals surface area contributed by atoms with Crippen molar-refractivity contribution < 1.29 is 23.7 Å². The van der Waals surface area contributed by atoms with Gasteiger partial charge in [0, 0.05) is 18.9 Å². The largest absolute Gasteiger partial charge is 0.379 e. The average Bonchev–Trinajstić information content (AvgIpc) is 2.59. The third-order valence-electron chi connectivity index (χ3n) is 3.69. The number of Topliss-reactive ketones (excluding diaryl/α,β-unsaturated/α-hetero) is 1. The summed E-state index contributed by atoms with van der Waals surface area (Å²) < 4.78 is 21.6. The lowest BCUT2D eigenvalue weighted by Gasteiger charge is -2.12. The van der Waals surface area contributed by atoms with E-state index in [4.69, 9.17) is 18.9 Å². The van der Waals surface area contributed by atoms with Crippen molar-refractivity contribution >= 4 is 5.78 Å². The van der Waals surface area contributed by atoms with Gasteiger partial charge in [-0.2, -0.15) is 0 Å². The van der Waals surface area contributed by atoms with Gasteiger partial charge in [0.05, 0.1) is 52.9 Å². The van der Waals surface area contributed by atoms with Gasteiger partial charge in [-0.05, 0) is 19.9 Å². The summed E-state index contributed by atoms with van der Waals surface area (Å²) in [6.45, 7) is 9.58. The van der Waals surface area contributed by atoms with Crippen molar-refractivity contribution in [2.75, 3.05) is 66.4 Å². The van der Waals surface area contributed by atoms with Gasteiger partial charge in [-0.15, -0.1) is 0 Å². The fourth-order valence-corrected chi connectivity index (χ4v) is 2.25. The van der Waals surface area contributed by atoms with Crippen LogP contribution in [-0.2, 0) is 23.7 Å². The first-order valence-corrected chi connectivity index (χ1v) is 9.24. The molecule has 1 N–H and O–H groups in total. The monoisotopic (exact) mass is 347 g/mol. The summed E-state index contributed by atoms with van der Waals surface area (Å²) in [4.78, 5) is 11.9. The van der Waals surface area contributed by atoms with Gasteiger partial charge in [0.15, 0.2) is 0 Å². The van der Waals surface area contributed by atoms with E-state index in [1.54, 1.807) is 0 Å². The molecule has 0 heterocycles. The van der Waals surface area contributed by atoms with Crippen LogP contribution in [0.5, 0.6) is 0 Å². The Balaban J connectivity index is 3.24. The van der Waals surface area contributed by atoms with E-state index >= 15 is 0 Å². The molecule has 144 valence electrons. The predicted molar refractivity (Wildman–Crippen MR) is 95.5 cm³/mol. The molecule has 0 saturated carbocycles. The number of rotatable bonds is 19. The van der Waals surface area contributed by atoms with Gasteiger partial charge in [0.1, 0.15) is 5.78 Å². The fraction of sp³-hybridized carbons (Fsp3) is 0.944. The fourth-order valence-electron chi connectivity index (χ4n) is 2.25. The maximum Gasteiger partial charge on any atom is 0.138 e. The van der Waals surface area contributed by atoms with E-state index in [-0.39, 0.29) is 5.92 Å². The van der Waals surface area contributed by atoms with Gasteiger partial charge in [-0.25, -0.2) is 0 Å². The smallest absolute Gasteiger partial charge is 0.138 e. The molecule has 0 fully saturated rings. The molecule has 1 unspecified atom stereocenters. The summed E-state index contributed by atoms with van der Waals surface area (Å²) >= 11 is 0. The maximum atomic E-state index is 11.9. The zero-order valence-corrected chi connectivity index (χ0v) is 15.8. The van der Waals surface area contributed by atoms with E-state index in [0.29, 0.717) is 65.1 Å². The summed E-state index contributed by atoms with van der Waals surface area (Å²) in [5, 5.41) is 3.01. The Hall–Kier alpha value is -0.530.